The molecule has 0 radical (unpaired) electrons. The number of pyridine rings is 2. The summed E-state index contributed by atoms with van der Waals surface area (Å²) in [5, 5.41) is 20.3. The van der Waals surface area contributed by atoms with Gasteiger partial charge in [-0.15, -0.1) is 23.5 Å². The van der Waals surface area contributed by atoms with Crippen molar-refractivity contribution < 1.29 is 19.1 Å². The lowest BCUT2D eigenvalue weighted by Crippen LogP contribution is -2.09. The third kappa shape index (κ3) is 6.11. The summed E-state index contributed by atoms with van der Waals surface area (Å²) in [6, 6.07) is 16.7. The van der Waals surface area contributed by atoms with E-state index in [4.69, 9.17) is 9.47 Å². The van der Waals surface area contributed by atoms with Gasteiger partial charge < -0.3 is 18.3 Å². The van der Waals surface area contributed by atoms with Crippen molar-refractivity contribution in [2.75, 3.05) is 13.2 Å². The fourth-order valence-electron chi connectivity index (χ4n) is 5.78. The normalized spacial score (nSPS) is 11.0. The molecular weight excluding hydrogens is 617 g/mol. The summed E-state index contributed by atoms with van der Waals surface area (Å²) in [4.78, 5) is 27.4. The van der Waals surface area contributed by atoms with E-state index >= 15 is 0 Å². The molecule has 0 spiro atoms. The molecule has 4 heterocycles. The van der Waals surface area contributed by atoms with Crippen LogP contribution in [0.4, 0.5) is 0 Å². The average Bonchev–Trinajstić information content (AvgIpc) is 3.51. The van der Waals surface area contributed by atoms with E-state index in [-0.39, 0.29) is 13.2 Å². The molecule has 46 heavy (non-hydrogen) atoms. The lowest BCUT2D eigenvalue weighted by atomic mass is 10.1. The van der Waals surface area contributed by atoms with Crippen molar-refractivity contribution in [3.05, 3.63) is 105 Å². The number of ether oxygens (including phenoxy) is 2. The zero-order chi connectivity index (χ0) is 33.1. The summed E-state index contributed by atoms with van der Waals surface area (Å²) in [7, 11) is 0. The number of benzene rings is 1. The summed E-state index contributed by atoms with van der Waals surface area (Å²) in [5.74, 6) is 0.166. The number of rotatable bonds is 10. The zero-order valence-electron chi connectivity index (χ0n) is 26.7. The summed E-state index contributed by atoms with van der Waals surface area (Å²) in [5.41, 5.74) is 8.95. The maximum atomic E-state index is 13.1. The molecule has 234 valence electrons. The first-order chi connectivity index (χ1) is 22.1. The number of thioether (sulfide) groups is 2. The minimum Gasteiger partial charge on any atom is -0.461 e. The molecule has 0 bridgehead atoms. The van der Waals surface area contributed by atoms with E-state index in [0.29, 0.717) is 54.8 Å². The van der Waals surface area contributed by atoms with Gasteiger partial charge in [0.05, 0.1) is 45.2 Å². The quantitative estimate of drug-likeness (QED) is 0.110. The monoisotopic (exact) mass is 650 g/mol. The van der Waals surface area contributed by atoms with Crippen LogP contribution in [-0.4, -0.2) is 34.0 Å². The molecule has 10 heteroatoms. The van der Waals surface area contributed by atoms with Gasteiger partial charge in [0.2, 0.25) is 0 Å². The van der Waals surface area contributed by atoms with Crippen LogP contribution in [0.5, 0.6) is 0 Å². The smallest absolute Gasteiger partial charge is 0.356 e. The zero-order valence-corrected chi connectivity index (χ0v) is 28.3. The molecule has 0 aliphatic carbocycles. The highest BCUT2D eigenvalue weighted by atomic mass is 32.2. The molecule has 0 saturated carbocycles. The highest BCUT2D eigenvalue weighted by Gasteiger charge is 2.27. The van der Waals surface area contributed by atoms with E-state index < -0.39 is 11.9 Å². The van der Waals surface area contributed by atoms with E-state index in [1.54, 1.807) is 22.6 Å². The second-order valence-electron chi connectivity index (χ2n) is 11.0. The SMILES string of the molecule is CCOC(=O)c1c(SCc2ccc(CSc3c(C#N)c4c(C)cc(C)cn4c3C(=O)OCC)cc2)c(C#N)c2c(C)cc(C)cn12. The molecule has 0 atom stereocenters. The van der Waals surface area contributed by atoms with Gasteiger partial charge in [0.1, 0.15) is 23.5 Å². The molecule has 0 amide bonds. The van der Waals surface area contributed by atoms with Crippen LogP contribution >= 0.6 is 23.5 Å². The van der Waals surface area contributed by atoms with Crippen LogP contribution in [-0.2, 0) is 21.0 Å². The number of nitrogens with zero attached hydrogens (tertiary/aromatic N) is 4. The number of carbonyl (C=O) groups is 2. The second-order valence-corrected chi connectivity index (χ2v) is 13.0. The minimum absolute atomic E-state index is 0.234. The number of esters is 2. The maximum Gasteiger partial charge on any atom is 0.356 e. The summed E-state index contributed by atoms with van der Waals surface area (Å²) in [6.45, 7) is 11.8. The van der Waals surface area contributed by atoms with Crippen molar-refractivity contribution in [2.45, 2.75) is 62.8 Å². The predicted molar refractivity (Wildman–Crippen MR) is 181 cm³/mol. The van der Waals surface area contributed by atoms with Crippen LogP contribution in [0.25, 0.3) is 11.0 Å². The first-order valence-electron chi connectivity index (χ1n) is 14.9. The molecule has 5 aromatic rings. The van der Waals surface area contributed by atoms with Crippen LogP contribution in [0, 0.1) is 50.4 Å². The number of carbonyl (C=O) groups excluding carboxylic acids is 2. The lowest BCUT2D eigenvalue weighted by Gasteiger charge is -2.09. The molecule has 1 aromatic carbocycles. The Morgan fingerprint density at radius 1 is 0.696 bits per heavy atom. The second kappa shape index (κ2) is 13.8. The van der Waals surface area contributed by atoms with Gasteiger partial charge >= 0.3 is 11.9 Å². The van der Waals surface area contributed by atoms with E-state index in [2.05, 4.69) is 12.1 Å². The van der Waals surface area contributed by atoms with Crippen LogP contribution in [0.2, 0.25) is 0 Å². The average molecular weight is 651 g/mol. The van der Waals surface area contributed by atoms with Gasteiger partial charge in [-0.3, -0.25) is 0 Å². The Balaban J connectivity index is 1.41. The largest absolute Gasteiger partial charge is 0.461 e. The Bertz CT molecular complexity index is 1930. The van der Waals surface area contributed by atoms with Crippen molar-refractivity contribution in [3.63, 3.8) is 0 Å². The maximum absolute atomic E-state index is 13.1. The van der Waals surface area contributed by atoms with Crippen molar-refractivity contribution >= 4 is 46.5 Å². The van der Waals surface area contributed by atoms with Gasteiger partial charge in [-0.1, -0.05) is 36.4 Å². The van der Waals surface area contributed by atoms with Gasteiger partial charge in [-0.25, -0.2) is 9.59 Å². The molecule has 5 rings (SSSR count). The number of aromatic nitrogens is 2. The molecule has 0 N–H and O–H groups in total. The summed E-state index contributed by atoms with van der Waals surface area (Å²) in [6.07, 6.45) is 3.74. The molecule has 4 aromatic heterocycles. The van der Waals surface area contributed by atoms with E-state index in [1.807, 2.05) is 76.5 Å². The first-order valence-corrected chi connectivity index (χ1v) is 16.9. The third-order valence-corrected chi connectivity index (χ3v) is 9.90. The van der Waals surface area contributed by atoms with Gasteiger partial charge in [-0.2, -0.15) is 10.5 Å². The Kier molecular flexibility index (Phi) is 9.81. The summed E-state index contributed by atoms with van der Waals surface area (Å²) < 4.78 is 14.4. The Hall–Kier alpha value is -4.64. The summed E-state index contributed by atoms with van der Waals surface area (Å²) >= 11 is 2.88. The van der Waals surface area contributed by atoms with Crippen molar-refractivity contribution in [1.82, 2.24) is 8.80 Å². The highest BCUT2D eigenvalue weighted by molar-refractivity contribution is 7.99. The number of nitriles is 2. The molecular formula is C36H34N4O4S2. The fraction of sp³-hybridized carbons (Fsp3) is 0.278. The Morgan fingerprint density at radius 2 is 1.07 bits per heavy atom. The Labute approximate surface area is 276 Å². The molecule has 0 aliphatic rings. The Morgan fingerprint density at radius 3 is 1.39 bits per heavy atom. The van der Waals surface area contributed by atoms with Crippen molar-refractivity contribution in [1.29, 1.82) is 10.5 Å². The number of hydrogen-bond donors (Lipinski definition) is 0. The van der Waals surface area contributed by atoms with Gasteiger partial charge in [0.15, 0.2) is 0 Å². The van der Waals surface area contributed by atoms with Crippen LogP contribution < -0.4 is 0 Å². The van der Waals surface area contributed by atoms with Crippen molar-refractivity contribution in [2.24, 2.45) is 0 Å². The van der Waals surface area contributed by atoms with Gasteiger partial charge in [0, 0.05) is 23.9 Å². The number of fused-ring (bicyclic) bond motifs is 2. The fourth-order valence-corrected chi connectivity index (χ4v) is 8.00. The van der Waals surface area contributed by atoms with E-state index in [9.17, 15) is 20.1 Å². The van der Waals surface area contributed by atoms with Gasteiger partial charge in [-0.05, 0) is 74.9 Å². The van der Waals surface area contributed by atoms with E-state index in [0.717, 1.165) is 33.4 Å². The van der Waals surface area contributed by atoms with E-state index in [1.165, 1.54) is 23.5 Å². The standard InChI is InChI=1S/C36H34N4O4S2/c1-7-43-35(41)31-33(27(15-37)29-23(5)13-21(3)17-39(29)31)45-19-25-9-11-26(12-10-25)20-46-34-28(16-38)30-24(6)14-22(4)18-40(30)32(34)36(42)44-8-2/h9-14,17-18H,7-8,19-20H2,1-6H3. The predicted octanol–water partition coefficient (Wildman–Crippen LogP) is 8.11. The van der Waals surface area contributed by atoms with Crippen LogP contribution in [0.3, 0.4) is 0 Å². The molecule has 8 nitrogen and oxygen atoms in total. The van der Waals surface area contributed by atoms with Crippen LogP contribution in [0.1, 0.15) is 79.3 Å². The molecule has 0 unspecified atom stereocenters. The number of aryl methyl sites for hydroxylation is 4. The molecule has 0 saturated heterocycles. The molecule has 0 fully saturated rings. The van der Waals surface area contributed by atoms with Crippen LogP contribution in [0.15, 0.2) is 58.6 Å². The van der Waals surface area contributed by atoms with Crippen molar-refractivity contribution in [3.8, 4) is 12.1 Å². The van der Waals surface area contributed by atoms with Gasteiger partial charge in [0.25, 0.3) is 0 Å². The first kappa shape index (κ1) is 32.7. The topological polar surface area (TPSA) is 109 Å². The lowest BCUT2D eigenvalue weighted by molar-refractivity contribution is 0.0504. The number of hydrogen-bond acceptors (Lipinski definition) is 8. The molecule has 0 aliphatic heterocycles. The highest BCUT2D eigenvalue weighted by Crippen LogP contribution is 2.38. The minimum atomic E-state index is -0.457. The third-order valence-electron chi connectivity index (χ3n) is 7.57.